The Bertz CT molecular complexity index is 561. The van der Waals surface area contributed by atoms with Crippen molar-refractivity contribution < 1.29 is 23.0 Å². The van der Waals surface area contributed by atoms with Crippen molar-refractivity contribution in [3.05, 3.63) is 60.2 Å². The topological polar surface area (TPSA) is 27.7 Å². The summed E-state index contributed by atoms with van der Waals surface area (Å²) in [6.07, 6.45) is -0.474. The van der Waals surface area contributed by atoms with Gasteiger partial charge in [0.25, 0.3) is 0 Å². The first-order valence-electron chi connectivity index (χ1n) is 6.96. The first kappa shape index (κ1) is 16.2. The van der Waals surface area contributed by atoms with E-state index in [9.17, 15) is 8.78 Å². The molecule has 0 aromatic heterocycles. The summed E-state index contributed by atoms with van der Waals surface area (Å²) in [5, 5.41) is 0. The standard InChI is InChI=1S/C17H18F2O3/c1-13(11-21-17(18)19)22-16-9-5-8-15(10-16)20-12-14-6-3-2-4-7-14/h2-10,13,17H,11-12H2,1H3/t13-/m0/s1. The minimum atomic E-state index is -2.79. The Morgan fingerprint density at radius 3 is 2.41 bits per heavy atom. The van der Waals surface area contributed by atoms with Crippen LogP contribution in [-0.4, -0.2) is 19.3 Å². The van der Waals surface area contributed by atoms with Gasteiger partial charge in [-0.05, 0) is 24.6 Å². The molecule has 0 radical (unpaired) electrons. The molecule has 22 heavy (non-hydrogen) atoms. The van der Waals surface area contributed by atoms with Crippen LogP contribution in [0.2, 0.25) is 0 Å². The van der Waals surface area contributed by atoms with Crippen LogP contribution >= 0.6 is 0 Å². The van der Waals surface area contributed by atoms with Gasteiger partial charge in [0.1, 0.15) is 24.2 Å². The minimum Gasteiger partial charge on any atom is -0.489 e. The molecule has 0 bridgehead atoms. The second-order valence-corrected chi connectivity index (χ2v) is 4.77. The fraction of sp³-hybridized carbons (Fsp3) is 0.294. The highest BCUT2D eigenvalue weighted by Gasteiger charge is 2.09. The lowest BCUT2D eigenvalue weighted by Crippen LogP contribution is -2.20. The number of halogens is 2. The van der Waals surface area contributed by atoms with E-state index in [1.54, 1.807) is 25.1 Å². The largest absolute Gasteiger partial charge is 0.489 e. The molecule has 2 aromatic rings. The van der Waals surface area contributed by atoms with Gasteiger partial charge in [0, 0.05) is 6.07 Å². The van der Waals surface area contributed by atoms with E-state index < -0.39 is 12.7 Å². The van der Waals surface area contributed by atoms with Gasteiger partial charge in [-0.1, -0.05) is 36.4 Å². The third kappa shape index (κ3) is 5.69. The summed E-state index contributed by atoms with van der Waals surface area (Å²) < 4.78 is 39.3. The van der Waals surface area contributed by atoms with E-state index in [0.717, 1.165) is 5.56 Å². The summed E-state index contributed by atoms with van der Waals surface area (Å²) in [4.78, 5) is 0. The van der Waals surface area contributed by atoms with Gasteiger partial charge in [-0.25, -0.2) is 0 Å². The normalized spacial score (nSPS) is 12.2. The number of alkyl halides is 2. The summed E-state index contributed by atoms with van der Waals surface area (Å²) in [5.41, 5.74) is 1.06. The van der Waals surface area contributed by atoms with Gasteiger partial charge in [0.2, 0.25) is 0 Å². The number of benzene rings is 2. The van der Waals surface area contributed by atoms with Crippen molar-refractivity contribution in [1.29, 1.82) is 0 Å². The zero-order valence-corrected chi connectivity index (χ0v) is 12.2. The van der Waals surface area contributed by atoms with E-state index in [4.69, 9.17) is 9.47 Å². The summed E-state index contributed by atoms with van der Waals surface area (Å²) in [7, 11) is 0. The van der Waals surface area contributed by atoms with Gasteiger partial charge in [-0.2, -0.15) is 8.78 Å². The first-order valence-corrected chi connectivity index (χ1v) is 6.96. The highest BCUT2D eigenvalue weighted by Crippen LogP contribution is 2.21. The van der Waals surface area contributed by atoms with Gasteiger partial charge in [-0.15, -0.1) is 0 Å². The van der Waals surface area contributed by atoms with E-state index in [1.165, 1.54) is 0 Å². The molecule has 0 saturated heterocycles. The molecule has 0 amide bonds. The molecule has 5 heteroatoms. The monoisotopic (exact) mass is 308 g/mol. The van der Waals surface area contributed by atoms with Crippen molar-refractivity contribution in [2.75, 3.05) is 6.61 Å². The summed E-state index contributed by atoms with van der Waals surface area (Å²) >= 11 is 0. The number of rotatable bonds is 8. The van der Waals surface area contributed by atoms with Crippen molar-refractivity contribution in [2.24, 2.45) is 0 Å². The smallest absolute Gasteiger partial charge is 0.345 e. The molecule has 2 rings (SSSR count). The maximum atomic E-state index is 12.0. The van der Waals surface area contributed by atoms with Crippen molar-refractivity contribution in [3.8, 4) is 11.5 Å². The molecule has 0 heterocycles. The summed E-state index contributed by atoms with van der Waals surface area (Å²) in [6, 6.07) is 16.9. The number of hydrogen-bond donors (Lipinski definition) is 0. The second kappa shape index (κ2) is 8.34. The molecule has 2 aromatic carbocycles. The zero-order chi connectivity index (χ0) is 15.8. The summed E-state index contributed by atoms with van der Waals surface area (Å²) in [6.45, 7) is -0.840. The lowest BCUT2D eigenvalue weighted by molar-refractivity contribution is -0.142. The third-order valence-electron chi connectivity index (χ3n) is 2.85. The molecule has 0 unspecified atom stereocenters. The van der Waals surface area contributed by atoms with Crippen LogP contribution in [0.15, 0.2) is 54.6 Å². The number of hydrogen-bond acceptors (Lipinski definition) is 3. The lowest BCUT2D eigenvalue weighted by atomic mass is 10.2. The van der Waals surface area contributed by atoms with Crippen molar-refractivity contribution >= 4 is 0 Å². The Morgan fingerprint density at radius 2 is 1.68 bits per heavy atom. The molecule has 0 fully saturated rings. The van der Waals surface area contributed by atoms with E-state index in [-0.39, 0.29) is 6.61 Å². The van der Waals surface area contributed by atoms with E-state index in [1.807, 2.05) is 36.4 Å². The average molecular weight is 308 g/mol. The van der Waals surface area contributed by atoms with Crippen LogP contribution in [0.4, 0.5) is 8.78 Å². The van der Waals surface area contributed by atoms with Crippen LogP contribution in [0.3, 0.4) is 0 Å². The van der Waals surface area contributed by atoms with Gasteiger partial charge < -0.3 is 14.2 Å². The Labute approximate surface area is 128 Å². The van der Waals surface area contributed by atoms with E-state index in [0.29, 0.717) is 18.1 Å². The van der Waals surface area contributed by atoms with Crippen LogP contribution < -0.4 is 9.47 Å². The first-order chi connectivity index (χ1) is 10.6. The van der Waals surface area contributed by atoms with E-state index in [2.05, 4.69) is 4.74 Å². The third-order valence-corrected chi connectivity index (χ3v) is 2.85. The zero-order valence-electron chi connectivity index (χ0n) is 12.2. The Morgan fingerprint density at radius 1 is 0.955 bits per heavy atom. The maximum Gasteiger partial charge on any atom is 0.345 e. The second-order valence-electron chi connectivity index (χ2n) is 4.77. The van der Waals surface area contributed by atoms with Crippen LogP contribution in [0.1, 0.15) is 12.5 Å². The highest BCUT2D eigenvalue weighted by atomic mass is 19.3. The Hall–Kier alpha value is -2.14. The fourth-order valence-electron chi connectivity index (χ4n) is 1.85. The molecular weight excluding hydrogens is 290 g/mol. The van der Waals surface area contributed by atoms with Crippen LogP contribution in [-0.2, 0) is 11.3 Å². The molecule has 118 valence electrons. The Balaban J connectivity index is 1.86. The predicted molar refractivity (Wildman–Crippen MR) is 79.3 cm³/mol. The Kier molecular flexibility index (Phi) is 6.15. The molecule has 1 atom stereocenters. The van der Waals surface area contributed by atoms with Crippen LogP contribution in [0, 0.1) is 0 Å². The SMILES string of the molecule is C[C@@H](COC(F)F)Oc1cccc(OCc2ccccc2)c1. The van der Waals surface area contributed by atoms with Gasteiger partial charge in [-0.3, -0.25) is 0 Å². The molecular formula is C17H18F2O3. The van der Waals surface area contributed by atoms with Crippen molar-refractivity contribution in [2.45, 2.75) is 26.2 Å². The predicted octanol–water partition coefficient (Wildman–Crippen LogP) is 4.27. The molecule has 0 saturated carbocycles. The lowest BCUT2D eigenvalue weighted by Gasteiger charge is -2.15. The van der Waals surface area contributed by atoms with Crippen molar-refractivity contribution in [1.82, 2.24) is 0 Å². The molecule has 0 N–H and O–H groups in total. The maximum absolute atomic E-state index is 12.0. The fourth-order valence-corrected chi connectivity index (χ4v) is 1.85. The summed E-state index contributed by atoms with van der Waals surface area (Å²) in [5.74, 6) is 1.21. The molecule has 0 aliphatic rings. The van der Waals surface area contributed by atoms with Gasteiger partial charge in [0.05, 0.1) is 6.61 Å². The highest BCUT2D eigenvalue weighted by molar-refractivity contribution is 5.33. The van der Waals surface area contributed by atoms with Crippen LogP contribution in [0.25, 0.3) is 0 Å². The average Bonchev–Trinajstić information content (AvgIpc) is 2.52. The number of ether oxygens (including phenoxy) is 3. The molecule has 3 nitrogen and oxygen atoms in total. The quantitative estimate of drug-likeness (QED) is 0.729. The van der Waals surface area contributed by atoms with Gasteiger partial charge in [0.15, 0.2) is 0 Å². The van der Waals surface area contributed by atoms with Crippen molar-refractivity contribution in [3.63, 3.8) is 0 Å². The molecule has 0 aliphatic carbocycles. The van der Waals surface area contributed by atoms with Gasteiger partial charge >= 0.3 is 6.61 Å². The minimum absolute atomic E-state index is 0.174. The van der Waals surface area contributed by atoms with E-state index >= 15 is 0 Å². The molecule has 0 aliphatic heterocycles. The molecule has 0 spiro atoms. The van der Waals surface area contributed by atoms with Crippen LogP contribution in [0.5, 0.6) is 11.5 Å².